The highest BCUT2D eigenvalue weighted by Crippen LogP contribution is 2.29. The first-order valence-electron chi connectivity index (χ1n) is 10.1. The molecule has 8 heteroatoms. The number of methoxy groups -OCH3 is 1. The van der Waals surface area contributed by atoms with Crippen LogP contribution in [0.4, 0.5) is 4.39 Å². The number of hydrogen-bond donors (Lipinski definition) is 0. The van der Waals surface area contributed by atoms with E-state index in [1.54, 1.807) is 35.9 Å². The maximum atomic E-state index is 13.5. The lowest BCUT2D eigenvalue weighted by atomic mass is 10.0. The van der Waals surface area contributed by atoms with Gasteiger partial charge >= 0.3 is 0 Å². The highest BCUT2D eigenvalue weighted by atomic mass is 35.5. The Hall–Kier alpha value is -3.19. The van der Waals surface area contributed by atoms with E-state index in [9.17, 15) is 14.0 Å². The molecule has 0 fully saturated rings. The first-order chi connectivity index (χ1) is 15.3. The third-order valence-corrected chi connectivity index (χ3v) is 5.48. The Bertz CT molecular complexity index is 1170. The number of nitrogens with zero attached hydrogens (tertiary/aromatic N) is 2. The summed E-state index contributed by atoms with van der Waals surface area (Å²) in [7, 11) is 3.23. The Kier molecular flexibility index (Phi) is 7.30. The van der Waals surface area contributed by atoms with Crippen LogP contribution in [0.2, 0.25) is 5.02 Å². The van der Waals surface area contributed by atoms with E-state index in [0.29, 0.717) is 34.9 Å². The minimum Gasteiger partial charge on any atom is -0.493 e. The molecule has 0 aliphatic heterocycles. The van der Waals surface area contributed by atoms with Crippen molar-refractivity contribution in [2.45, 2.75) is 26.7 Å². The molecule has 1 aromatic heterocycles. The van der Waals surface area contributed by atoms with Gasteiger partial charge in [-0.1, -0.05) is 11.6 Å². The van der Waals surface area contributed by atoms with Gasteiger partial charge in [-0.25, -0.2) is 9.37 Å². The van der Waals surface area contributed by atoms with E-state index in [-0.39, 0.29) is 35.3 Å². The van der Waals surface area contributed by atoms with Crippen molar-refractivity contribution in [1.82, 2.24) is 9.55 Å². The molecule has 2 aromatic carbocycles. The van der Waals surface area contributed by atoms with E-state index >= 15 is 0 Å². The van der Waals surface area contributed by atoms with Gasteiger partial charge in [0.15, 0.2) is 28.9 Å². The second-order valence-electron chi connectivity index (χ2n) is 7.20. The van der Waals surface area contributed by atoms with Crippen LogP contribution in [-0.2, 0) is 7.05 Å². The first-order valence-corrected chi connectivity index (χ1v) is 10.5. The van der Waals surface area contributed by atoms with Gasteiger partial charge in [0.05, 0.1) is 24.4 Å². The molecule has 0 saturated carbocycles. The summed E-state index contributed by atoms with van der Waals surface area (Å²) in [6.45, 7) is 4.15. The molecule has 168 valence electrons. The molecule has 0 N–H and O–H groups in total. The van der Waals surface area contributed by atoms with E-state index in [2.05, 4.69) is 4.98 Å². The zero-order valence-corrected chi connectivity index (χ0v) is 19.1. The lowest BCUT2D eigenvalue weighted by Crippen LogP contribution is -2.11. The summed E-state index contributed by atoms with van der Waals surface area (Å²) < 4.78 is 25.9. The number of ether oxygens (including phenoxy) is 2. The van der Waals surface area contributed by atoms with Gasteiger partial charge in [-0.15, -0.1) is 0 Å². The molecule has 32 heavy (non-hydrogen) atoms. The van der Waals surface area contributed by atoms with Crippen LogP contribution in [0, 0.1) is 12.7 Å². The first kappa shape index (κ1) is 23.5. The van der Waals surface area contributed by atoms with Crippen LogP contribution in [0.15, 0.2) is 36.4 Å². The molecule has 0 unspecified atom stereocenters. The van der Waals surface area contributed by atoms with E-state index in [0.717, 1.165) is 5.69 Å². The van der Waals surface area contributed by atoms with Crippen LogP contribution in [0.25, 0.3) is 11.3 Å². The van der Waals surface area contributed by atoms with Crippen molar-refractivity contribution in [1.29, 1.82) is 0 Å². The summed E-state index contributed by atoms with van der Waals surface area (Å²) in [6, 6.07) is 9.24. The molecule has 0 aliphatic rings. The number of ketones is 2. The summed E-state index contributed by atoms with van der Waals surface area (Å²) in [5.41, 5.74) is 2.33. The molecule has 1 heterocycles. The van der Waals surface area contributed by atoms with Crippen LogP contribution in [0.5, 0.6) is 11.5 Å². The molecule has 0 bridgehead atoms. The van der Waals surface area contributed by atoms with Gasteiger partial charge in [-0.05, 0) is 50.2 Å². The summed E-state index contributed by atoms with van der Waals surface area (Å²) >= 11 is 5.89. The number of hydrogen-bond acceptors (Lipinski definition) is 5. The predicted octanol–water partition coefficient (Wildman–Crippen LogP) is 5.44. The highest BCUT2D eigenvalue weighted by Gasteiger charge is 2.21. The maximum absolute atomic E-state index is 13.5. The summed E-state index contributed by atoms with van der Waals surface area (Å²) in [5, 5.41) is -0.0168. The Morgan fingerprint density at radius 2 is 1.81 bits per heavy atom. The van der Waals surface area contributed by atoms with E-state index in [1.807, 2.05) is 13.8 Å². The number of halogens is 2. The summed E-state index contributed by atoms with van der Waals surface area (Å²) in [4.78, 5) is 29.9. The third-order valence-electron chi connectivity index (χ3n) is 5.19. The van der Waals surface area contributed by atoms with Gasteiger partial charge in [0, 0.05) is 36.7 Å². The van der Waals surface area contributed by atoms with Crippen molar-refractivity contribution >= 4 is 23.2 Å². The number of imidazole rings is 1. The van der Waals surface area contributed by atoms with Gasteiger partial charge < -0.3 is 14.0 Å². The van der Waals surface area contributed by atoms with Crippen LogP contribution < -0.4 is 9.47 Å². The van der Waals surface area contributed by atoms with E-state index in [4.69, 9.17) is 21.1 Å². The second kappa shape index (κ2) is 9.96. The molecule has 0 radical (unpaired) electrons. The molecule has 0 atom stereocenters. The number of carbonyl (C=O) groups is 2. The number of rotatable bonds is 9. The molecule has 0 saturated heterocycles. The van der Waals surface area contributed by atoms with Crippen LogP contribution >= 0.6 is 11.6 Å². The average Bonchev–Trinajstić information content (AvgIpc) is 3.08. The molecule has 0 amide bonds. The normalized spacial score (nSPS) is 10.8. The van der Waals surface area contributed by atoms with Gasteiger partial charge in [-0.2, -0.15) is 0 Å². The fourth-order valence-electron chi connectivity index (χ4n) is 3.34. The quantitative estimate of drug-likeness (QED) is 0.399. The zero-order chi connectivity index (χ0) is 23.4. The monoisotopic (exact) mass is 458 g/mol. The standard InChI is InChI=1S/C24H24ClFN2O4/c1-5-32-21-11-7-15(13-22(21)31-4)19(29)9-10-20(30)24-27-23(14(2)28(24)3)16-6-8-18(26)17(25)12-16/h6-8,11-13H,5,9-10H2,1-4H3. The fraction of sp³-hybridized carbons (Fsp3) is 0.292. The highest BCUT2D eigenvalue weighted by molar-refractivity contribution is 6.31. The lowest BCUT2D eigenvalue weighted by molar-refractivity contribution is 0.0910. The Labute approximate surface area is 190 Å². The minimum atomic E-state index is -0.523. The third kappa shape index (κ3) is 4.83. The van der Waals surface area contributed by atoms with E-state index < -0.39 is 5.82 Å². The van der Waals surface area contributed by atoms with Gasteiger partial charge in [0.1, 0.15) is 5.82 Å². The number of carbonyl (C=O) groups excluding carboxylic acids is 2. The van der Waals surface area contributed by atoms with Crippen LogP contribution in [0.3, 0.4) is 0 Å². The molecule has 0 aliphatic carbocycles. The summed E-state index contributed by atoms with van der Waals surface area (Å²) in [6.07, 6.45) is 0.0296. The van der Waals surface area contributed by atoms with Gasteiger partial charge in [0.2, 0.25) is 0 Å². The fourth-order valence-corrected chi connectivity index (χ4v) is 3.53. The SMILES string of the molecule is CCOc1ccc(C(=O)CCC(=O)c2nc(-c3ccc(F)c(Cl)c3)c(C)n2C)cc1OC. The smallest absolute Gasteiger partial charge is 0.198 e. The lowest BCUT2D eigenvalue weighted by Gasteiger charge is -2.10. The number of benzene rings is 2. The topological polar surface area (TPSA) is 70.4 Å². The van der Waals surface area contributed by atoms with Crippen molar-refractivity contribution in [3.05, 3.63) is 64.3 Å². The number of Topliss-reactive ketones (excluding diaryl/α,β-unsaturated/α-hetero) is 2. The van der Waals surface area contributed by atoms with E-state index in [1.165, 1.54) is 19.2 Å². The predicted molar refractivity (Wildman–Crippen MR) is 120 cm³/mol. The average molecular weight is 459 g/mol. The Balaban J connectivity index is 1.75. The maximum Gasteiger partial charge on any atom is 0.198 e. The van der Waals surface area contributed by atoms with Crippen molar-refractivity contribution in [2.24, 2.45) is 7.05 Å². The molecule has 0 spiro atoms. The van der Waals surface area contributed by atoms with Crippen molar-refractivity contribution in [3.8, 4) is 22.8 Å². The van der Waals surface area contributed by atoms with Gasteiger partial charge in [0.25, 0.3) is 0 Å². The molecule has 6 nitrogen and oxygen atoms in total. The van der Waals surface area contributed by atoms with Gasteiger partial charge in [-0.3, -0.25) is 9.59 Å². The molecule has 3 rings (SSSR count). The van der Waals surface area contributed by atoms with Crippen molar-refractivity contribution in [2.75, 3.05) is 13.7 Å². The largest absolute Gasteiger partial charge is 0.493 e. The minimum absolute atomic E-state index is 0.00225. The second-order valence-corrected chi connectivity index (χ2v) is 7.61. The molecular weight excluding hydrogens is 435 g/mol. The van der Waals surface area contributed by atoms with Crippen LogP contribution in [0.1, 0.15) is 46.4 Å². The van der Waals surface area contributed by atoms with Crippen LogP contribution in [-0.4, -0.2) is 34.8 Å². The Morgan fingerprint density at radius 3 is 2.47 bits per heavy atom. The zero-order valence-electron chi connectivity index (χ0n) is 18.4. The molecule has 3 aromatic rings. The summed E-state index contributed by atoms with van der Waals surface area (Å²) in [5.74, 6) is 0.281. The number of aromatic nitrogens is 2. The molecular formula is C24H24ClFN2O4. The van der Waals surface area contributed by atoms with Crippen molar-refractivity contribution < 1.29 is 23.5 Å². The van der Waals surface area contributed by atoms with Crippen molar-refractivity contribution in [3.63, 3.8) is 0 Å². The Morgan fingerprint density at radius 1 is 1.09 bits per heavy atom.